The third-order valence-electron chi connectivity index (χ3n) is 3.88. The lowest BCUT2D eigenvalue weighted by molar-refractivity contribution is -0.125. The number of rotatable bonds is 7. The van der Waals surface area contributed by atoms with Crippen molar-refractivity contribution >= 4 is 23.6 Å². The molecule has 0 atom stereocenters. The second-order valence-corrected chi connectivity index (χ2v) is 7.18. The number of oxazole rings is 1. The summed E-state index contributed by atoms with van der Waals surface area (Å²) in [6.45, 7) is 0.00476. The van der Waals surface area contributed by atoms with E-state index in [2.05, 4.69) is 4.98 Å². The smallest absolute Gasteiger partial charge is 0.339 e. The molecule has 28 heavy (non-hydrogen) atoms. The van der Waals surface area contributed by atoms with Gasteiger partial charge in [-0.15, -0.1) is 11.8 Å². The molecule has 0 radical (unpaired) electrons. The van der Waals surface area contributed by atoms with Crippen LogP contribution in [-0.2, 0) is 16.1 Å². The fourth-order valence-electron chi connectivity index (χ4n) is 2.33. The van der Waals surface area contributed by atoms with Crippen LogP contribution in [0.1, 0.15) is 16.1 Å². The fourth-order valence-corrected chi connectivity index (χ4v) is 3.35. The summed E-state index contributed by atoms with van der Waals surface area (Å²) in [5, 5.41) is 0. The summed E-state index contributed by atoms with van der Waals surface area (Å²) in [6, 6.07) is 16.6. The number of nitrogens with zero attached hydrogens (tertiary/aromatic N) is 2. The summed E-state index contributed by atoms with van der Waals surface area (Å²) < 4.78 is 10.8. The van der Waals surface area contributed by atoms with Gasteiger partial charge in [0, 0.05) is 24.6 Å². The number of carbonyl (C=O) groups is 2. The van der Waals surface area contributed by atoms with E-state index in [9.17, 15) is 9.59 Å². The zero-order valence-corrected chi connectivity index (χ0v) is 16.4. The van der Waals surface area contributed by atoms with E-state index in [0.29, 0.717) is 22.0 Å². The van der Waals surface area contributed by atoms with Crippen LogP contribution in [0.5, 0.6) is 0 Å². The van der Waals surface area contributed by atoms with Gasteiger partial charge in [0.1, 0.15) is 18.6 Å². The molecule has 3 rings (SSSR count). The third-order valence-corrected chi connectivity index (χ3v) is 4.94. The van der Waals surface area contributed by atoms with Crippen molar-refractivity contribution in [3.05, 3.63) is 72.1 Å². The molecule has 0 aliphatic heterocycles. The largest absolute Gasteiger partial charge is 0.455 e. The van der Waals surface area contributed by atoms with Crippen molar-refractivity contribution in [3.63, 3.8) is 0 Å². The molecule has 0 unspecified atom stereocenters. The fraction of sp³-hybridized carbons (Fsp3) is 0.190. The molecule has 1 heterocycles. The highest BCUT2D eigenvalue weighted by Gasteiger charge is 2.16. The third kappa shape index (κ3) is 5.01. The molecule has 144 valence electrons. The van der Waals surface area contributed by atoms with Gasteiger partial charge in [-0.2, -0.15) is 0 Å². The van der Waals surface area contributed by atoms with Crippen LogP contribution in [0.3, 0.4) is 0 Å². The first-order valence-electron chi connectivity index (χ1n) is 8.63. The van der Waals surface area contributed by atoms with Gasteiger partial charge < -0.3 is 14.1 Å². The van der Waals surface area contributed by atoms with Crippen LogP contribution >= 0.6 is 11.8 Å². The summed E-state index contributed by atoms with van der Waals surface area (Å²) in [4.78, 5) is 30.9. The molecule has 0 saturated carbocycles. The van der Waals surface area contributed by atoms with E-state index in [1.807, 2.05) is 36.4 Å². The van der Waals surface area contributed by atoms with Gasteiger partial charge >= 0.3 is 5.97 Å². The Kier molecular flexibility index (Phi) is 6.49. The number of ether oxygens (including phenoxy) is 1. The number of hydrogen-bond acceptors (Lipinski definition) is 6. The van der Waals surface area contributed by atoms with E-state index in [0.717, 1.165) is 5.56 Å². The molecular weight excluding hydrogens is 376 g/mol. The van der Waals surface area contributed by atoms with Crippen molar-refractivity contribution in [2.75, 3.05) is 19.8 Å². The van der Waals surface area contributed by atoms with Crippen molar-refractivity contribution in [2.24, 2.45) is 0 Å². The van der Waals surface area contributed by atoms with Crippen molar-refractivity contribution < 1.29 is 18.7 Å². The SMILES string of the molecule is CN(C)C(=O)CSc1ccccc1C(=O)OCc1coc(-c2ccccc2)n1. The maximum atomic E-state index is 12.5. The van der Waals surface area contributed by atoms with Gasteiger partial charge in [-0.3, -0.25) is 4.79 Å². The first-order chi connectivity index (χ1) is 13.5. The monoisotopic (exact) mass is 396 g/mol. The average Bonchev–Trinajstić information content (AvgIpc) is 3.20. The molecule has 1 aromatic heterocycles. The minimum atomic E-state index is -0.468. The van der Waals surface area contributed by atoms with Gasteiger partial charge in [0.05, 0.1) is 11.3 Å². The van der Waals surface area contributed by atoms with Gasteiger partial charge in [-0.1, -0.05) is 30.3 Å². The molecule has 0 N–H and O–H groups in total. The minimum absolute atomic E-state index is 0.00476. The first-order valence-corrected chi connectivity index (χ1v) is 9.62. The second kappa shape index (κ2) is 9.23. The topological polar surface area (TPSA) is 72.6 Å². The van der Waals surface area contributed by atoms with E-state index in [-0.39, 0.29) is 18.3 Å². The molecule has 0 saturated heterocycles. The number of thioether (sulfide) groups is 1. The van der Waals surface area contributed by atoms with Crippen molar-refractivity contribution in [1.82, 2.24) is 9.88 Å². The molecule has 0 spiro atoms. The van der Waals surface area contributed by atoms with Crippen LogP contribution < -0.4 is 0 Å². The summed E-state index contributed by atoms with van der Waals surface area (Å²) in [7, 11) is 3.40. The summed E-state index contributed by atoms with van der Waals surface area (Å²) in [6.07, 6.45) is 1.48. The predicted octanol–water partition coefficient (Wildman–Crippen LogP) is 3.88. The molecule has 7 heteroatoms. The average molecular weight is 396 g/mol. The lowest BCUT2D eigenvalue weighted by atomic mass is 10.2. The first kappa shape index (κ1) is 19.7. The molecular formula is C21H20N2O4S. The molecule has 1 amide bonds. The molecule has 6 nitrogen and oxygen atoms in total. The molecule has 0 aliphatic rings. The Morgan fingerprint density at radius 3 is 2.54 bits per heavy atom. The molecule has 2 aromatic carbocycles. The quantitative estimate of drug-likeness (QED) is 0.446. The Labute approximate surface area is 167 Å². The second-order valence-electron chi connectivity index (χ2n) is 6.16. The van der Waals surface area contributed by atoms with E-state index in [4.69, 9.17) is 9.15 Å². The maximum Gasteiger partial charge on any atom is 0.339 e. The Morgan fingerprint density at radius 1 is 1.07 bits per heavy atom. The van der Waals surface area contributed by atoms with Crippen molar-refractivity contribution in [2.45, 2.75) is 11.5 Å². The van der Waals surface area contributed by atoms with E-state index in [1.54, 1.807) is 32.3 Å². The van der Waals surface area contributed by atoms with Crippen LogP contribution in [0.25, 0.3) is 11.5 Å². The van der Waals surface area contributed by atoms with E-state index >= 15 is 0 Å². The van der Waals surface area contributed by atoms with Crippen LogP contribution in [0.2, 0.25) is 0 Å². The van der Waals surface area contributed by atoms with E-state index < -0.39 is 5.97 Å². The number of esters is 1. The Balaban J connectivity index is 1.63. The Hall–Kier alpha value is -3.06. The van der Waals surface area contributed by atoms with Crippen molar-refractivity contribution in [1.29, 1.82) is 0 Å². The Morgan fingerprint density at radius 2 is 1.79 bits per heavy atom. The Bertz CT molecular complexity index is 954. The summed E-state index contributed by atoms with van der Waals surface area (Å²) >= 11 is 1.31. The van der Waals surface area contributed by atoms with Crippen LogP contribution in [0, 0.1) is 0 Å². The number of amides is 1. The highest BCUT2D eigenvalue weighted by atomic mass is 32.2. The highest BCUT2D eigenvalue weighted by molar-refractivity contribution is 8.00. The van der Waals surface area contributed by atoms with Crippen LogP contribution in [0.4, 0.5) is 0 Å². The molecule has 0 aliphatic carbocycles. The number of aromatic nitrogens is 1. The minimum Gasteiger partial charge on any atom is -0.455 e. The van der Waals surface area contributed by atoms with Crippen LogP contribution in [-0.4, -0.2) is 41.6 Å². The lowest BCUT2D eigenvalue weighted by Crippen LogP contribution is -2.23. The number of hydrogen-bond donors (Lipinski definition) is 0. The van der Waals surface area contributed by atoms with E-state index in [1.165, 1.54) is 22.9 Å². The number of carbonyl (C=O) groups excluding carboxylic acids is 2. The lowest BCUT2D eigenvalue weighted by Gasteiger charge is -2.11. The van der Waals surface area contributed by atoms with Crippen molar-refractivity contribution in [3.8, 4) is 11.5 Å². The molecule has 0 fully saturated rings. The normalized spacial score (nSPS) is 10.5. The van der Waals surface area contributed by atoms with Crippen LogP contribution in [0.15, 0.2) is 70.2 Å². The van der Waals surface area contributed by atoms with Gasteiger partial charge in [0.15, 0.2) is 0 Å². The van der Waals surface area contributed by atoms with Gasteiger partial charge in [0.25, 0.3) is 0 Å². The summed E-state index contributed by atoms with van der Waals surface area (Å²) in [5.74, 6) is 0.236. The van der Waals surface area contributed by atoms with Gasteiger partial charge in [-0.25, -0.2) is 9.78 Å². The predicted molar refractivity (Wildman–Crippen MR) is 107 cm³/mol. The van der Waals surface area contributed by atoms with Gasteiger partial charge in [0.2, 0.25) is 11.8 Å². The highest BCUT2D eigenvalue weighted by Crippen LogP contribution is 2.24. The van der Waals surface area contributed by atoms with Gasteiger partial charge in [-0.05, 0) is 24.3 Å². The zero-order chi connectivity index (χ0) is 19.9. The summed E-state index contributed by atoms with van der Waals surface area (Å²) in [5.41, 5.74) is 1.80. The number of benzene rings is 2. The maximum absolute atomic E-state index is 12.5. The molecule has 3 aromatic rings. The zero-order valence-electron chi connectivity index (χ0n) is 15.6. The standard InChI is InChI=1S/C21H20N2O4S/c1-23(2)19(24)14-28-18-11-7-6-10-17(18)21(25)27-13-16-12-26-20(22-16)15-8-4-3-5-9-15/h3-12H,13-14H2,1-2H3. The molecule has 0 bridgehead atoms.